The summed E-state index contributed by atoms with van der Waals surface area (Å²) in [7, 11) is 5.41. The molecule has 0 amide bonds. The van der Waals surface area contributed by atoms with E-state index in [1.165, 1.54) is 50.5 Å². The van der Waals surface area contributed by atoms with E-state index in [9.17, 15) is 0 Å². The van der Waals surface area contributed by atoms with Crippen LogP contribution in [0.4, 0.5) is 0 Å². The van der Waals surface area contributed by atoms with Crippen LogP contribution in [0.3, 0.4) is 0 Å². The number of rotatable bonds is 9. The minimum absolute atomic E-state index is 0.00517. The minimum atomic E-state index is 0.00517. The first-order chi connectivity index (χ1) is 15.6. The third kappa shape index (κ3) is 6.03. The molecule has 3 aliphatic rings. The maximum atomic E-state index is 5.69. The van der Waals surface area contributed by atoms with Gasteiger partial charge in [0.1, 0.15) is 0 Å². The molecule has 0 heterocycles. The molecule has 3 fully saturated rings. The Morgan fingerprint density at radius 1 is 1.09 bits per heavy atom. The Hall–Kier alpha value is -0.900. The standard InChI is InChI=1S/C30H50O3/c1-21(11-9-17-29(3,4)33-8)25-15-16-26-24(12-10-18-30(25,26)5)14-13-23-19-27(31-6)22(2)28(20-23)32-7/h13-14,21,25-28H,2,9-12,15-20H2,1,3-8H3/b23-13?,24-14+/t21-,25?,26?,27?,28?,30+/m0/s1. The van der Waals surface area contributed by atoms with Crippen LogP contribution >= 0.6 is 0 Å². The van der Waals surface area contributed by atoms with E-state index in [0.717, 1.165) is 42.6 Å². The van der Waals surface area contributed by atoms with Crippen molar-refractivity contribution in [3.05, 3.63) is 35.5 Å². The zero-order valence-corrected chi connectivity index (χ0v) is 22.5. The molecule has 0 aromatic carbocycles. The number of ether oxygens (including phenoxy) is 3. The lowest BCUT2D eigenvalue weighted by Gasteiger charge is -2.44. The van der Waals surface area contributed by atoms with Gasteiger partial charge in [-0.05, 0) is 94.0 Å². The van der Waals surface area contributed by atoms with E-state index in [4.69, 9.17) is 14.2 Å². The molecule has 0 saturated heterocycles. The summed E-state index contributed by atoms with van der Waals surface area (Å²) in [6.07, 6.45) is 17.4. The highest BCUT2D eigenvalue weighted by Crippen LogP contribution is 2.60. The van der Waals surface area contributed by atoms with Crippen molar-refractivity contribution in [3.8, 4) is 0 Å². The zero-order chi connectivity index (χ0) is 24.2. The molecular formula is C30H50O3. The molecule has 0 bridgehead atoms. The van der Waals surface area contributed by atoms with E-state index in [1.54, 1.807) is 19.8 Å². The molecule has 3 saturated carbocycles. The van der Waals surface area contributed by atoms with Gasteiger partial charge in [-0.15, -0.1) is 0 Å². The van der Waals surface area contributed by atoms with Crippen molar-refractivity contribution in [2.45, 2.75) is 110 Å². The molecule has 33 heavy (non-hydrogen) atoms. The van der Waals surface area contributed by atoms with E-state index < -0.39 is 0 Å². The third-order valence-electron chi connectivity index (χ3n) is 9.54. The average Bonchev–Trinajstić information content (AvgIpc) is 3.15. The van der Waals surface area contributed by atoms with Gasteiger partial charge in [-0.3, -0.25) is 0 Å². The molecule has 3 nitrogen and oxygen atoms in total. The van der Waals surface area contributed by atoms with Crippen molar-refractivity contribution in [3.63, 3.8) is 0 Å². The summed E-state index contributed by atoms with van der Waals surface area (Å²) in [5.41, 5.74) is 4.68. The fourth-order valence-electron chi connectivity index (χ4n) is 7.23. The van der Waals surface area contributed by atoms with Gasteiger partial charge < -0.3 is 14.2 Å². The molecule has 0 N–H and O–H groups in total. The number of hydrogen-bond donors (Lipinski definition) is 0. The molecule has 0 aromatic heterocycles. The van der Waals surface area contributed by atoms with Crippen molar-refractivity contribution < 1.29 is 14.2 Å². The predicted octanol–water partition coefficient (Wildman–Crippen LogP) is 7.67. The van der Waals surface area contributed by atoms with E-state index >= 15 is 0 Å². The molecule has 188 valence electrons. The molecule has 3 aliphatic carbocycles. The van der Waals surface area contributed by atoms with Gasteiger partial charge in [0.2, 0.25) is 0 Å². The summed E-state index contributed by atoms with van der Waals surface area (Å²) in [4.78, 5) is 0. The third-order valence-corrected chi connectivity index (χ3v) is 9.54. The Morgan fingerprint density at radius 3 is 2.36 bits per heavy atom. The molecule has 0 aliphatic heterocycles. The summed E-state index contributed by atoms with van der Waals surface area (Å²) in [5.74, 6) is 2.39. The van der Waals surface area contributed by atoms with Crippen molar-refractivity contribution in [1.29, 1.82) is 0 Å². The Labute approximate surface area is 204 Å². The second kappa shape index (κ2) is 11.2. The highest BCUT2D eigenvalue weighted by molar-refractivity contribution is 5.30. The predicted molar refractivity (Wildman–Crippen MR) is 138 cm³/mol. The number of allylic oxidation sites excluding steroid dienone is 3. The largest absolute Gasteiger partial charge is 0.379 e. The van der Waals surface area contributed by atoms with Crippen LogP contribution < -0.4 is 0 Å². The molecule has 0 spiro atoms. The number of methoxy groups -OCH3 is 3. The van der Waals surface area contributed by atoms with E-state index in [1.807, 2.05) is 7.11 Å². The van der Waals surface area contributed by atoms with Crippen molar-refractivity contribution in [2.75, 3.05) is 21.3 Å². The monoisotopic (exact) mass is 458 g/mol. The van der Waals surface area contributed by atoms with Crippen LogP contribution in [0.5, 0.6) is 0 Å². The Bertz CT molecular complexity index is 715. The topological polar surface area (TPSA) is 27.7 Å². The number of fused-ring (bicyclic) bond motifs is 1. The first kappa shape index (κ1) is 26.7. The van der Waals surface area contributed by atoms with Crippen LogP contribution in [0.1, 0.15) is 91.9 Å². The molecule has 3 rings (SSSR count). The Morgan fingerprint density at radius 2 is 1.76 bits per heavy atom. The summed E-state index contributed by atoms with van der Waals surface area (Å²) in [6.45, 7) is 13.8. The summed E-state index contributed by atoms with van der Waals surface area (Å²) >= 11 is 0. The van der Waals surface area contributed by atoms with Gasteiger partial charge in [-0.25, -0.2) is 0 Å². The van der Waals surface area contributed by atoms with Crippen LogP contribution in [0, 0.1) is 23.2 Å². The van der Waals surface area contributed by atoms with Gasteiger partial charge in [0.05, 0.1) is 17.8 Å². The van der Waals surface area contributed by atoms with Gasteiger partial charge in [0, 0.05) is 21.3 Å². The Kier molecular flexibility index (Phi) is 9.08. The molecule has 4 unspecified atom stereocenters. The quantitative estimate of drug-likeness (QED) is 0.332. The van der Waals surface area contributed by atoms with Gasteiger partial charge in [-0.1, -0.05) is 56.6 Å². The first-order valence-electron chi connectivity index (χ1n) is 13.3. The highest BCUT2D eigenvalue weighted by atomic mass is 16.5. The normalized spacial score (nSPS) is 35.1. The molecule has 0 aromatic rings. The minimum Gasteiger partial charge on any atom is -0.379 e. The first-order valence-corrected chi connectivity index (χ1v) is 13.3. The molecule has 6 atom stereocenters. The summed E-state index contributed by atoms with van der Waals surface area (Å²) in [5, 5.41) is 0. The maximum absolute atomic E-state index is 5.69. The second-order valence-corrected chi connectivity index (χ2v) is 11.9. The lowest BCUT2D eigenvalue weighted by Crippen LogP contribution is -2.36. The smallest absolute Gasteiger partial charge is 0.0840 e. The van der Waals surface area contributed by atoms with Crippen molar-refractivity contribution in [1.82, 2.24) is 0 Å². The van der Waals surface area contributed by atoms with Gasteiger partial charge >= 0.3 is 0 Å². The average molecular weight is 459 g/mol. The SMILES string of the molecule is C=C1C(OC)CC(=C/C=C2\CCC[C@@]3(C)C2CCC3[C@@H](C)CCCC(C)(C)OC)CC1OC. The van der Waals surface area contributed by atoms with Crippen molar-refractivity contribution in [2.24, 2.45) is 23.2 Å². The Balaban J connectivity index is 1.68. The van der Waals surface area contributed by atoms with E-state index in [-0.39, 0.29) is 17.8 Å². The van der Waals surface area contributed by atoms with Gasteiger partial charge in [0.15, 0.2) is 0 Å². The lowest BCUT2D eigenvalue weighted by molar-refractivity contribution is 0.0108. The van der Waals surface area contributed by atoms with E-state index in [0.29, 0.717) is 5.41 Å². The summed E-state index contributed by atoms with van der Waals surface area (Å²) < 4.78 is 17.0. The fourth-order valence-corrected chi connectivity index (χ4v) is 7.23. The van der Waals surface area contributed by atoms with Gasteiger partial charge in [0.25, 0.3) is 0 Å². The van der Waals surface area contributed by atoms with Crippen molar-refractivity contribution >= 4 is 0 Å². The van der Waals surface area contributed by atoms with Crippen LogP contribution in [-0.4, -0.2) is 39.1 Å². The van der Waals surface area contributed by atoms with Crippen LogP contribution in [0.2, 0.25) is 0 Å². The van der Waals surface area contributed by atoms with Crippen LogP contribution in [-0.2, 0) is 14.2 Å². The van der Waals surface area contributed by atoms with Crippen LogP contribution in [0.25, 0.3) is 0 Å². The second-order valence-electron chi connectivity index (χ2n) is 11.9. The summed E-state index contributed by atoms with van der Waals surface area (Å²) in [6, 6.07) is 0. The maximum Gasteiger partial charge on any atom is 0.0840 e. The molecular weight excluding hydrogens is 408 g/mol. The highest BCUT2D eigenvalue weighted by Gasteiger charge is 2.50. The van der Waals surface area contributed by atoms with E-state index in [2.05, 4.69) is 46.4 Å². The molecule has 0 radical (unpaired) electrons. The lowest BCUT2D eigenvalue weighted by atomic mass is 9.60. The fraction of sp³-hybridized carbons (Fsp3) is 0.800. The number of hydrogen-bond acceptors (Lipinski definition) is 3. The van der Waals surface area contributed by atoms with Gasteiger partial charge in [-0.2, -0.15) is 0 Å². The van der Waals surface area contributed by atoms with Crippen LogP contribution in [0.15, 0.2) is 35.5 Å². The zero-order valence-electron chi connectivity index (χ0n) is 22.5. The molecule has 3 heteroatoms.